The van der Waals surface area contributed by atoms with Crippen LogP contribution in [0.3, 0.4) is 0 Å². The molecule has 0 saturated carbocycles. The molecule has 0 amide bonds. The lowest BCUT2D eigenvalue weighted by Crippen LogP contribution is -2.24. The zero-order valence-electron chi connectivity index (χ0n) is 7.75. The van der Waals surface area contributed by atoms with Crippen LogP contribution in [0.15, 0.2) is 22.6 Å². The van der Waals surface area contributed by atoms with Gasteiger partial charge >= 0.3 is 13.3 Å². The Balaban J connectivity index is 2.62. The lowest BCUT2D eigenvalue weighted by Gasteiger charge is -2.20. The van der Waals surface area contributed by atoms with Gasteiger partial charge in [-0.05, 0) is 18.1 Å². The van der Waals surface area contributed by atoms with Gasteiger partial charge in [0.1, 0.15) is 5.75 Å². The minimum atomic E-state index is -4.52. The second-order valence-electron chi connectivity index (χ2n) is 3.24. The Bertz CT molecular complexity index is 459. The highest BCUT2D eigenvalue weighted by molar-refractivity contribution is 9.10. The predicted molar refractivity (Wildman–Crippen MR) is 56.8 cm³/mol. The molecule has 1 aromatic rings. The second kappa shape index (κ2) is 3.82. The molecule has 0 saturated heterocycles. The Hall–Kier alpha value is -0.945. The van der Waals surface area contributed by atoms with Crippen molar-refractivity contribution in [1.29, 1.82) is 0 Å². The van der Waals surface area contributed by atoms with E-state index in [0.29, 0.717) is 4.47 Å². The fourth-order valence-corrected chi connectivity index (χ4v) is 1.90. The molecule has 2 rings (SSSR count). The molecule has 84 valence electrons. The maximum atomic E-state index is 12.7. The van der Waals surface area contributed by atoms with Crippen LogP contribution < -0.4 is 4.65 Å². The average molecular weight is 293 g/mol. The van der Waals surface area contributed by atoms with Crippen LogP contribution in [0.4, 0.5) is 13.2 Å². The summed E-state index contributed by atoms with van der Waals surface area (Å²) in [5, 5.41) is 9.13. The maximum Gasteiger partial charge on any atom is 0.552 e. The Kier molecular flexibility index (Phi) is 2.75. The van der Waals surface area contributed by atoms with E-state index in [1.807, 2.05) is 0 Å². The average Bonchev–Trinajstić information content (AvgIpc) is 2.16. The maximum absolute atomic E-state index is 12.7. The van der Waals surface area contributed by atoms with Crippen LogP contribution in [-0.4, -0.2) is 12.1 Å². The molecule has 1 aliphatic heterocycles. The molecule has 0 unspecified atom stereocenters. The van der Waals surface area contributed by atoms with Gasteiger partial charge in [-0.2, -0.15) is 13.2 Å². The van der Waals surface area contributed by atoms with E-state index in [4.69, 9.17) is 9.68 Å². The highest BCUT2D eigenvalue weighted by atomic mass is 79.9. The van der Waals surface area contributed by atoms with E-state index in [-0.39, 0.29) is 11.3 Å². The summed E-state index contributed by atoms with van der Waals surface area (Å²) in [5.74, 6) is 0.931. The molecule has 1 aliphatic rings. The Labute approximate surface area is 98.0 Å². The van der Waals surface area contributed by atoms with Crippen molar-refractivity contribution in [3.8, 4) is 5.75 Å². The third kappa shape index (κ3) is 2.10. The van der Waals surface area contributed by atoms with Crippen LogP contribution in [-0.2, 0) is 6.18 Å². The molecule has 7 heteroatoms. The van der Waals surface area contributed by atoms with E-state index >= 15 is 0 Å². The highest BCUT2D eigenvalue weighted by Gasteiger charge is 2.37. The predicted octanol–water partition coefficient (Wildman–Crippen LogP) is 2.89. The molecule has 0 bridgehead atoms. The third-order valence-electron chi connectivity index (χ3n) is 2.07. The fourth-order valence-electron chi connectivity index (χ4n) is 1.43. The van der Waals surface area contributed by atoms with Gasteiger partial charge in [-0.25, -0.2) is 0 Å². The standard InChI is InChI=1S/C9H5BBrF3O2/c11-6-3-5-1-2-10(15)16-8(5)7(4-6)9(12,13)14/h1-4,15H. The van der Waals surface area contributed by atoms with Crippen molar-refractivity contribution in [3.05, 3.63) is 33.7 Å². The molecule has 2 nitrogen and oxygen atoms in total. The van der Waals surface area contributed by atoms with Gasteiger partial charge in [0.15, 0.2) is 0 Å². The Morgan fingerprint density at radius 2 is 2.00 bits per heavy atom. The summed E-state index contributed by atoms with van der Waals surface area (Å²) in [6.07, 6.45) is -3.12. The van der Waals surface area contributed by atoms with Crippen LogP contribution in [0.2, 0.25) is 0 Å². The molecule has 0 fully saturated rings. The summed E-state index contributed by atoms with van der Waals surface area (Å²) in [7, 11) is -1.34. The number of hydrogen-bond acceptors (Lipinski definition) is 2. The van der Waals surface area contributed by atoms with Gasteiger partial charge in [0.25, 0.3) is 0 Å². The molecule has 0 aliphatic carbocycles. The van der Waals surface area contributed by atoms with Crippen molar-refractivity contribution in [3.63, 3.8) is 0 Å². The van der Waals surface area contributed by atoms with Crippen molar-refractivity contribution in [2.45, 2.75) is 6.18 Å². The molecule has 1 N–H and O–H groups in total. The topological polar surface area (TPSA) is 29.5 Å². The number of fused-ring (bicyclic) bond motifs is 1. The highest BCUT2D eigenvalue weighted by Crippen LogP contribution is 2.41. The summed E-state index contributed by atoms with van der Waals surface area (Å²) < 4.78 is 43.1. The zero-order valence-corrected chi connectivity index (χ0v) is 9.34. The van der Waals surface area contributed by atoms with E-state index in [9.17, 15) is 13.2 Å². The fraction of sp³-hybridized carbons (Fsp3) is 0.111. The molecule has 1 heterocycles. The van der Waals surface area contributed by atoms with Crippen LogP contribution >= 0.6 is 15.9 Å². The van der Waals surface area contributed by atoms with Gasteiger partial charge in [-0.3, -0.25) is 0 Å². The first-order valence-corrected chi connectivity index (χ1v) is 5.11. The van der Waals surface area contributed by atoms with Crippen molar-refractivity contribution >= 4 is 29.1 Å². The van der Waals surface area contributed by atoms with E-state index in [2.05, 4.69) is 15.9 Å². The Morgan fingerprint density at radius 3 is 2.62 bits per heavy atom. The number of hydrogen-bond donors (Lipinski definition) is 1. The van der Waals surface area contributed by atoms with Gasteiger partial charge in [-0.15, -0.1) is 0 Å². The SMILES string of the molecule is OB1C=Cc2cc(Br)cc(C(F)(F)F)c2O1. The molecule has 1 aromatic carbocycles. The monoisotopic (exact) mass is 292 g/mol. The van der Waals surface area contributed by atoms with Crippen molar-refractivity contribution in [2.75, 3.05) is 0 Å². The lowest BCUT2D eigenvalue weighted by molar-refractivity contribution is -0.138. The number of benzene rings is 1. The van der Waals surface area contributed by atoms with E-state index < -0.39 is 18.9 Å². The van der Waals surface area contributed by atoms with Gasteiger partial charge in [-0.1, -0.05) is 22.0 Å². The number of rotatable bonds is 0. The molecule has 0 radical (unpaired) electrons. The minimum absolute atomic E-state index is 0.284. The normalized spacial score (nSPS) is 14.7. The first kappa shape index (κ1) is 11.5. The number of halogens is 4. The summed E-state index contributed by atoms with van der Waals surface area (Å²) in [5.41, 5.74) is -0.618. The van der Waals surface area contributed by atoms with Gasteiger partial charge in [0, 0.05) is 10.0 Å². The van der Waals surface area contributed by atoms with Crippen LogP contribution in [0.5, 0.6) is 5.75 Å². The van der Waals surface area contributed by atoms with Crippen LogP contribution in [0.1, 0.15) is 11.1 Å². The van der Waals surface area contributed by atoms with Crippen molar-refractivity contribution in [2.24, 2.45) is 0 Å². The van der Waals surface area contributed by atoms with Gasteiger partial charge in [0.05, 0.1) is 5.56 Å². The van der Waals surface area contributed by atoms with Crippen LogP contribution in [0, 0.1) is 0 Å². The largest absolute Gasteiger partial charge is 0.552 e. The van der Waals surface area contributed by atoms with Crippen molar-refractivity contribution in [1.82, 2.24) is 0 Å². The quantitative estimate of drug-likeness (QED) is 0.745. The van der Waals surface area contributed by atoms with Gasteiger partial charge in [0.2, 0.25) is 0 Å². The van der Waals surface area contributed by atoms with Crippen LogP contribution in [0.25, 0.3) is 6.08 Å². The molecule has 0 atom stereocenters. The molecule has 0 spiro atoms. The molecule has 0 aromatic heterocycles. The first-order valence-electron chi connectivity index (χ1n) is 4.31. The summed E-state index contributed by atoms with van der Waals surface area (Å²) in [4.78, 5) is 0. The van der Waals surface area contributed by atoms with E-state index in [1.165, 1.54) is 18.1 Å². The second-order valence-corrected chi connectivity index (χ2v) is 4.15. The molecular formula is C9H5BBrF3O2. The molecular weight excluding hydrogens is 288 g/mol. The van der Waals surface area contributed by atoms with Crippen molar-refractivity contribution < 1.29 is 22.8 Å². The number of alkyl halides is 3. The van der Waals surface area contributed by atoms with E-state index in [1.54, 1.807) is 0 Å². The summed E-state index contributed by atoms with van der Waals surface area (Å²) in [6.45, 7) is 0. The van der Waals surface area contributed by atoms with Gasteiger partial charge < -0.3 is 9.68 Å². The lowest BCUT2D eigenvalue weighted by atomic mass is 9.86. The summed E-state index contributed by atoms with van der Waals surface area (Å²) >= 11 is 3.00. The zero-order chi connectivity index (χ0) is 11.9. The smallest absolute Gasteiger partial charge is 0.532 e. The van der Waals surface area contributed by atoms with E-state index in [0.717, 1.165) is 6.07 Å². The molecule has 16 heavy (non-hydrogen) atoms. The first-order chi connectivity index (χ1) is 7.38. The minimum Gasteiger partial charge on any atom is -0.532 e. The third-order valence-corrected chi connectivity index (χ3v) is 2.52. The Morgan fingerprint density at radius 1 is 1.31 bits per heavy atom. The summed E-state index contributed by atoms with van der Waals surface area (Å²) in [6, 6.07) is 2.41.